The third kappa shape index (κ3) is 6.66. The number of hydrogen-bond acceptors (Lipinski definition) is 2. The molecule has 0 saturated carbocycles. The maximum Gasteiger partial charge on any atom is 0.119 e. The van der Waals surface area contributed by atoms with E-state index in [9.17, 15) is 5.11 Å². The summed E-state index contributed by atoms with van der Waals surface area (Å²) in [6.07, 6.45) is 1.74. The number of ether oxygens (including phenoxy) is 1. The highest BCUT2D eigenvalue weighted by Gasteiger charge is 2.12. The SMILES string of the molecule is C=C(OC)/C(C)=C(/CC(=C)c1ccc(C)c(O)c1)CC(C)C.CC. The van der Waals surface area contributed by atoms with Gasteiger partial charge in [0.15, 0.2) is 0 Å². The molecule has 0 fully saturated rings. The lowest BCUT2D eigenvalue weighted by Crippen LogP contribution is -2.00. The van der Waals surface area contributed by atoms with Crippen LogP contribution in [-0.2, 0) is 4.74 Å². The zero-order valence-corrected chi connectivity index (χ0v) is 16.5. The first-order chi connectivity index (χ1) is 11.3. The minimum Gasteiger partial charge on any atom is -0.508 e. The van der Waals surface area contributed by atoms with Crippen LogP contribution in [0.5, 0.6) is 5.75 Å². The van der Waals surface area contributed by atoms with Crippen molar-refractivity contribution in [2.24, 2.45) is 5.92 Å². The van der Waals surface area contributed by atoms with Crippen LogP contribution in [0.3, 0.4) is 0 Å². The third-order valence-corrected chi connectivity index (χ3v) is 3.89. The van der Waals surface area contributed by atoms with Crippen molar-refractivity contribution in [3.63, 3.8) is 0 Å². The molecule has 2 heteroatoms. The van der Waals surface area contributed by atoms with E-state index >= 15 is 0 Å². The summed E-state index contributed by atoms with van der Waals surface area (Å²) in [5.41, 5.74) is 5.22. The Morgan fingerprint density at radius 1 is 1.21 bits per heavy atom. The molecule has 0 spiro atoms. The lowest BCUT2D eigenvalue weighted by molar-refractivity contribution is 0.301. The number of phenolic OH excluding ortho intramolecular Hbond substituents is 1. The second-order valence-corrected chi connectivity index (χ2v) is 6.24. The van der Waals surface area contributed by atoms with E-state index in [0.29, 0.717) is 17.4 Å². The molecule has 0 unspecified atom stereocenters. The molecule has 0 aliphatic heterocycles. The Labute approximate surface area is 148 Å². The molecule has 24 heavy (non-hydrogen) atoms. The van der Waals surface area contributed by atoms with E-state index in [0.717, 1.165) is 35.1 Å². The van der Waals surface area contributed by atoms with Gasteiger partial charge in [0.05, 0.1) is 7.11 Å². The second kappa shape index (κ2) is 10.7. The molecule has 0 bridgehead atoms. The zero-order valence-electron chi connectivity index (χ0n) is 16.5. The van der Waals surface area contributed by atoms with Crippen LogP contribution in [-0.4, -0.2) is 12.2 Å². The fourth-order valence-electron chi connectivity index (χ4n) is 2.39. The highest BCUT2D eigenvalue weighted by atomic mass is 16.5. The van der Waals surface area contributed by atoms with Crippen molar-refractivity contribution in [2.75, 3.05) is 7.11 Å². The van der Waals surface area contributed by atoms with Gasteiger partial charge in [0, 0.05) is 0 Å². The predicted molar refractivity (Wildman–Crippen MR) is 106 cm³/mol. The maximum atomic E-state index is 9.88. The number of rotatable bonds is 7. The number of aromatic hydroxyl groups is 1. The van der Waals surface area contributed by atoms with Crippen molar-refractivity contribution in [3.8, 4) is 5.75 Å². The fourth-order valence-corrected chi connectivity index (χ4v) is 2.39. The number of hydrogen-bond donors (Lipinski definition) is 1. The van der Waals surface area contributed by atoms with E-state index in [2.05, 4.69) is 27.0 Å². The Kier molecular flexibility index (Phi) is 9.87. The molecule has 0 saturated heterocycles. The average molecular weight is 331 g/mol. The molecular formula is C22H34O2. The van der Waals surface area contributed by atoms with Gasteiger partial charge in [-0.2, -0.15) is 0 Å². The van der Waals surface area contributed by atoms with Gasteiger partial charge in [-0.3, -0.25) is 0 Å². The Balaban J connectivity index is 0.00000254. The summed E-state index contributed by atoms with van der Waals surface area (Å²) in [5, 5.41) is 9.88. The Bertz CT molecular complexity index is 592. The van der Waals surface area contributed by atoms with Crippen LogP contribution in [0.4, 0.5) is 0 Å². The number of phenols is 1. The molecule has 1 aromatic carbocycles. The topological polar surface area (TPSA) is 29.5 Å². The lowest BCUT2D eigenvalue weighted by Gasteiger charge is -2.17. The van der Waals surface area contributed by atoms with Crippen molar-refractivity contribution in [1.29, 1.82) is 0 Å². The first-order valence-corrected chi connectivity index (χ1v) is 8.65. The lowest BCUT2D eigenvalue weighted by atomic mass is 9.90. The van der Waals surface area contributed by atoms with Gasteiger partial charge in [0.2, 0.25) is 0 Å². The van der Waals surface area contributed by atoms with Gasteiger partial charge in [-0.15, -0.1) is 0 Å². The van der Waals surface area contributed by atoms with Gasteiger partial charge in [-0.25, -0.2) is 0 Å². The van der Waals surface area contributed by atoms with E-state index in [1.807, 2.05) is 39.8 Å². The van der Waals surface area contributed by atoms with E-state index in [1.54, 1.807) is 13.2 Å². The summed E-state index contributed by atoms with van der Waals surface area (Å²) < 4.78 is 5.27. The van der Waals surface area contributed by atoms with Crippen LogP contribution < -0.4 is 0 Å². The molecule has 0 aliphatic rings. The summed E-state index contributed by atoms with van der Waals surface area (Å²) in [4.78, 5) is 0. The third-order valence-electron chi connectivity index (χ3n) is 3.89. The second-order valence-electron chi connectivity index (χ2n) is 6.24. The van der Waals surface area contributed by atoms with E-state index in [1.165, 1.54) is 5.57 Å². The minimum absolute atomic E-state index is 0.311. The minimum atomic E-state index is 0.311. The smallest absolute Gasteiger partial charge is 0.119 e. The molecule has 0 amide bonds. The molecule has 0 aliphatic carbocycles. The predicted octanol–water partition coefficient (Wildman–Crippen LogP) is 6.65. The van der Waals surface area contributed by atoms with Crippen LogP contribution in [0, 0.1) is 12.8 Å². The largest absolute Gasteiger partial charge is 0.508 e. The van der Waals surface area contributed by atoms with E-state index in [-0.39, 0.29) is 0 Å². The number of methoxy groups -OCH3 is 1. The molecule has 134 valence electrons. The van der Waals surface area contributed by atoms with E-state index < -0.39 is 0 Å². The first kappa shape index (κ1) is 22.0. The zero-order chi connectivity index (χ0) is 18.9. The molecule has 0 aromatic heterocycles. The van der Waals surface area contributed by atoms with Gasteiger partial charge in [-0.1, -0.05) is 58.6 Å². The summed E-state index contributed by atoms with van der Waals surface area (Å²) in [6.45, 7) is 20.5. The van der Waals surface area contributed by atoms with Crippen molar-refractivity contribution >= 4 is 5.57 Å². The monoisotopic (exact) mass is 330 g/mol. The standard InChI is InChI=1S/C20H28O2.C2H6/c1-13(2)10-19(16(5)17(6)22-7)11-15(4)18-9-8-14(3)20(21)12-18;1-2/h8-9,12-13,21H,4,6,10-11H2,1-3,5,7H3;1-2H3/b19-16+;. The maximum absolute atomic E-state index is 9.88. The molecule has 1 rings (SSSR count). The first-order valence-electron chi connectivity index (χ1n) is 8.65. The average Bonchev–Trinajstić information content (AvgIpc) is 2.56. The van der Waals surface area contributed by atoms with Gasteiger partial charge >= 0.3 is 0 Å². The highest BCUT2D eigenvalue weighted by Crippen LogP contribution is 2.31. The normalized spacial score (nSPS) is 11.3. The van der Waals surface area contributed by atoms with Crippen LogP contribution in [0.2, 0.25) is 0 Å². The fraction of sp³-hybridized carbons (Fsp3) is 0.455. The molecule has 0 heterocycles. The van der Waals surface area contributed by atoms with E-state index in [4.69, 9.17) is 4.74 Å². The summed E-state index contributed by atoms with van der Waals surface area (Å²) in [5.74, 6) is 1.56. The Morgan fingerprint density at radius 2 is 1.79 bits per heavy atom. The summed E-state index contributed by atoms with van der Waals surface area (Å²) in [6, 6.07) is 5.71. The number of allylic oxidation sites excluding steroid dienone is 3. The molecule has 0 radical (unpaired) electrons. The highest BCUT2D eigenvalue weighted by molar-refractivity contribution is 5.67. The van der Waals surface area contributed by atoms with Crippen molar-refractivity contribution in [2.45, 2.75) is 54.4 Å². The van der Waals surface area contributed by atoms with Crippen molar-refractivity contribution in [3.05, 3.63) is 59.4 Å². The van der Waals surface area contributed by atoms with Crippen LogP contribution in [0.25, 0.3) is 5.57 Å². The van der Waals surface area contributed by atoms with Gasteiger partial charge in [0.25, 0.3) is 0 Å². The Morgan fingerprint density at radius 3 is 2.25 bits per heavy atom. The quantitative estimate of drug-likeness (QED) is 0.448. The van der Waals surface area contributed by atoms with Crippen LogP contribution in [0.15, 0.2) is 48.3 Å². The van der Waals surface area contributed by atoms with Crippen LogP contribution >= 0.6 is 0 Å². The van der Waals surface area contributed by atoms with Gasteiger partial charge < -0.3 is 9.84 Å². The molecule has 1 N–H and O–H groups in total. The summed E-state index contributed by atoms with van der Waals surface area (Å²) in [7, 11) is 1.64. The van der Waals surface area contributed by atoms with Gasteiger partial charge in [-0.05, 0) is 60.9 Å². The molecular weight excluding hydrogens is 296 g/mol. The molecule has 1 aromatic rings. The van der Waals surface area contributed by atoms with Crippen LogP contribution in [0.1, 0.15) is 58.6 Å². The van der Waals surface area contributed by atoms with Gasteiger partial charge in [0.1, 0.15) is 11.5 Å². The summed E-state index contributed by atoms with van der Waals surface area (Å²) >= 11 is 0. The number of benzene rings is 1. The molecule has 0 atom stereocenters. The van der Waals surface area contributed by atoms with Crippen molar-refractivity contribution < 1.29 is 9.84 Å². The Hall–Kier alpha value is -1.96. The number of aryl methyl sites for hydroxylation is 1. The molecule has 2 nitrogen and oxygen atoms in total. The van der Waals surface area contributed by atoms with Crippen molar-refractivity contribution in [1.82, 2.24) is 0 Å².